The van der Waals surface area contributed by atoms with Crippen LogP contribution < -0.4 is 10.1 Å². The first-order chi connectivity index (χ1) is 6.22. The molecule has 0 aromatic heterocycles. The van der Waals surface area contributed by atoms with Crippen LogP contribution in [0.3, 0.4) is 0 Å². The highest BCUT2D eigenvalue weighted by Gasteiger charge is 2.26. The second kappa shape index (κ2) is 2.58. The van der Waals surface area contributed by atoms with E-state index >= 15 is 0 Å². The minimum Gasteiger partial charge on any atom is -0.496 e. The van der Waals surface area contributed by atoms with Crippen LogP contribution in [0.25, 0.3) is 0 Å². The van der Waals surface area contributed by atoms with Crippen LogP contribution in [-0.2, 0) is 0 Å². The molecule has 1 radical (unpaired) electrons. The molecule has 2 amide bonds. The lowest BCUT2D eigenvalue weighted by atomic mass is 10.1. The number of ether oxygens (including phenoxy) is 1. The molecule has 0 spiro atoms. The smallest absolute Gasteiger partial charge is 0.259 e. The van der Waals surface area contributed by atoms with Crippen molar-refractivity contribution >= 4 is 11.8 Å². The van der Waals surface area contributed by atoms with E-state index in [-0.39, 0.29) is 11.5 Å². The van der Waals surface area contributed by atoms with Crippen LogP contribution >= 0.6 is 0 Å². The number of carbonyl (C=O) groups excluding carboxylic acids is 2. The van der Waals surface area contributed by atoms with Gasteiger partial charge in [0.1, 0.15) is 5.75 Å². The van der Waals surface area contributed by atoms with Gasteiger partial charge in [0.2, 0.25) is 0 Å². The Morgan fingerprint density at radius 3 is 2.77 bits per heavy atom. The van der Waals surface area contributed by atoms with Gasteiger partial charge in [0, 0.05) is 6.07 Å². The molecule has 4 nitrogen and oxygen atoms in total. The number of methoxy groups -OCH3 is 1. The summed E-state index contributed by atoms with van der Waals surface area (Å²) in [6, 6.07) is 5.84. The van der Waals surface area contributed by atoms with Crippen molar-refractivity contribution in [2.45, 2.75) is 0 Å². The normalized spacial score (nSPS) is 13.9. The van der Waals surface area contributed by atoms with Crippen LogP contribution in [0, 0.1) is 6.07 Å². The maximum atomic E-state index is 11.1. The van der Waals surface area contributed by atoms with Crippen molar-refractivity contribution in [3.05, 3.63) is 29.3 Å². The Hall–Kier alpha value is -1.84. The monoisotopic (exact) mass is 176 g/mol. The zero-order valence-corrected chi connectivity index (χ0v) is 6.88. The van der Waals surface area contributed by atoms with Crippen LogP contribution in [0.5, 0.6) is 5.75 Å². The van der Waals surface area contributed by atoms with E-state index in [2.05, 4.69) is 11.4 Å². The van der Waals surface area contributed by atoms with E-state index in [1.807, 2.05) is 0 Å². The molecule has 65 valence electrons. The highest BCUT2D eigenvalue weighted by molar-refractivity contribution is 6.21. The van der Waals surface area contributed by atoms with E-state index < -0.39 is 5.91 Å². The molecule has 0 fully saturated rings. The SMILES string of the molecule is COc1[c]c2c(cc1)C(=O)NC2=O. The first-order valence-corrected chi connectivity index (χ1v) is 3.68. The van der Waals surface area contributed by atoms with Crippen molar-refractivity contribution in [3.63, 3.8) is 0 Å². The average Bonchev–Trinajstić information content (AvgIpc) is 2.42. The van der Waals surface area contributed by atoms with Gasteiger partial charge < -0.3 is 4.74 Å². The van der Waals surface area contributed by atoms with E-state index in [4.69, 9.17) is 4.74 Å². The highest BCUT2D eigenvalue weighted by atomic mass is 16.5. The van der Waals surface area contributed by atoms with Gasteiger partial charge in [-0.3, -0.25) is 14.9 Å². The molecule has 1 N–H and O–H groups in total. The lowest BCUT2D eigenvalue weighted by molar-refractivity contribution is 0.0879. The molecule has 0 bridgehead atoms. The summed E-state index contributed by atoms with van der Waals surface area (Å²) in [4.78, 5) is 22.2. The first kappa shape index (κ1) is 7.79. The predicted molar refractivity (Wildman–Crippen MR) is 43.6 cm³/mol. The van der Waals surface area contributed by atoms with E-state index in [1.54, 1.807) is 12.1 Å². The van der Waals surface area contributed by atoms with Gasteiger partial charge in [-0.1, -0.05) is 0 Å². The summed E-state index contributed by atoms with van der Waals surface area (Å²) in [6.07, 6.45) is 0. The molecule has 0 atom stereocenters. The van der Waals surface area contributed by atoms with Crippen molar-refractivity contribution in [2.75, 3.05) is 7.11 Å². The number of nitrogens with one attached hydrogen (secondary N) is 1. The maximum Gasteiger partial charge on any atom is 0.259 e. The minimum atomic E-state index is -0.418. The molecule has 0 unspecified atom stereocenters. The van der Waals surface area contributed by atoms with Crippen LogP contribution in [0.1, 0.15) is 20.7 Å². The molecule has 0 saturated heterocycles. The molecule has 1 aliphatic heterocycles. The maximum absolute atomic E-state index is 11.1. The number of benzene rings is 1. The Labute approximate surface area is 74.5 Å². The van der Waals surface area contributed by atoms with Crippen LogP contribution in [0.15, 0.2) is 12.1 Å². The third-order valence-electron chi connectivity index (χ3n) is 1.84. The Bertz CT molecular complexity index is 398. The number of carbonyl (C=O) groups is 2. The number of amides is 2. The summed E-state index contributed by atoms with van der Waals surface area (Å²) < 4.78 is 4.88. The molecule has 1 heterocycles. The van der Waals surface area contributed by atoms with Crippen LogP contribution in [-0.4, -0.2) is 18.9 Å². The Kier molecular flexibility index (Phi) is 1.55. The fourth-order valence-corrected chi connectivity index (χ4v) is 1.19. The third kappa shape index (κ3) is 1.07. The molecular weight excluding hydrogens is 170 g/mol. The standard InChI is InChI=1S/C9H6NO3/c1-13-5-2-3-6-7(4-5)9(12)10-8(6)11/h2-3H,1H3,(H,10,11,12). The quantitative estimate of drug-likeness (QED) is 0.629. The molecular formula is C9H6NO3. The van der Waals surface area contributed by atoms with Gasteiger partial charge in [0.25, 0.3) is 11.8 Å². The number of imide groups is 1. The summed E-state index contributed by atoms with van der Waals surface area (Å²) in [5.74, 6) is -0.346. The van der Waals surface area contributed by atoms with Crippen molar-refractivity contribution in [2.24, 2.45) is 0 Å². The van der Waals surface area contributed by atoms with Crippen LogP contribution in [0.2, 0.25) is 0 Å². The second-order valence-corrected chi connectivity index (χ2v) is 2.60. The van der Waals surface area contributed by atoms with Crippen molar-refractivity contribution in [3.8, 4) is 5.75 Å². The zero-order chi connectivity index (χ0) is 9.42. The van der Waals surface area contributed by atoms with Gasteiger partial charge in [-0.05, 0) is 12.1 Å². The molecule has 0 saturated carbocycles. The summed E-state index contributed by atoms with van der Waals surface area (Å²) >= 11 is 0. The molecule has 1 aliphatic rings. The van der Waals surface area contributed by atoms with Gasteiger partial charge in [0.15, 0.2) is 0 Å². The van der Waals surface area contributed by atoms with Crippen molar-refractivity contribution in [1.29, 1.82) is 0 Å². The predicted octanol–water partition coefficient (Wildman–Crippen LogP) is 0.379. The van der Waals surface area contributed by atoms with Gasteiger partial charge in [-0.25, -0.2) is 0 Å². The molecule has 0 aliphatic carbocycles. The molecule has 13 heavy (non-hydrogen) atoms. The van der Waals surface area contributed by atoms with Crippen LogP contribution in [0.4, 0.5) is 0 Å². The van der Waals surface area contributed by atoms with Gasteiger partial charge in [0.05, 0.1) is 18.2 Å². The number of hydrogen-bond acceptors (Lipinski definition) is 3. The van der Waals surface area contributed by atoms with E-state index in [0.717, 1.165) is 0 Å². The zero-order valence-electron chi connectivity index (χ0n) is 6.88. The molecule has 2 rings (SSSR count). The Morgan fingerprint density at radius 1 is 1.31 bits per heavy atom. The van der Waals surface area contributed by atoms with Crippen molar-refractivity contribution < 1.29 is 14.3 Å². The molecule has 1 aromatic rings. The Morgan fingerprint density at radius 2 is 2.08 bits per heavy atom. The summed E-state index contributed by atoms with van der Waals surface area (Å²) in [5, 5.41) is 2.17. The van der Waals surface area contributed by atoms with E-state index in [0.29, 0.717) is 11.3 Å². The summed E-state index contributed by atoms with van der Waals surface area (Å²) in [6.45, 7) is 0. The number of fused-ring (bicyclic) bond motifs is 1. The first-order valence-electron chi connectivity index (χ1n) is 3.68. The highest BCUT2D eigenvalue weighted by Crippen LogP contribution is 2.20. The molecule has 4 heteroatoms. The molecule has 1 aromatic carbocycles. The topological polar surface area (TPSA) is 55.4 Å². The summed E-state index contributed by atoms with van der Waals surface area (Å²) in [5.41, 5.74) is 0.607. The number of hydrogen-bond donors (Lipinski definition) is 1. The fourth-order valence-electron chi connectivity index (χ4n) is 1.19. The van der Waals surface area contributed by atoms with Crippen molar-refractivity contribution in [1.82, 2.24) is 5.32 Å². The van der Waals surface area contributed by atoms with Gasteiger partial charge in [-0.2, -0.15) is 0 Å². The largest absolute Gasteiger partial charge is 0.496 e. The lowest BCUT2D eigenvalue weighted by Gasteiger charge is -1.98. The third-order valence-corrected chi connectivity index (χ3v) is 1.84. The Balaban J connectivity index is 2.58. The number of rotatable bonds is 1. The minimum absolute atomic E-state index is 0.254. The van der Waals surface area contributed by atoms with Gasteiger partial charge in [-0.15, -0.1) is 0 Å². The van der Waals surface area contributed by atoms with E-state index in [9.17, 15) is 9.59 Å². The fraction of sp³-hybridized carbons (Fsp3) is 0.111. The lowest BCUT2D eigenvalue weighted by Crippen LogP contribution is -2.19. The van der Waals surface area contributed by atoms with Gasteiger partial charge >= 0.3 is 0 Å². The average molecular weight is 176 g/mol. The second-order valence-electron chi connectivity index (χ2n) is 2.60. The summed E-state index contributed by atoms with van der Waals surface area (Å²) in [7, 11) is 1.48. The van der Waals surface area contributed by atoms with E-state index in [1.165, 1.54) is 7.11 Å².